The maximum absolute atomic E-state index is 6.10. The van der Waals surface area contributed by atoms with Crippen LogP contribution >= 0.6 is 22.9 Å². The van der Waals surface area contributed by atoms with Gasteiger partial charge >= 0.3 is 0 Å². The van der Waals surface area contributed by atoms with Crippen LogP contribution in [0.25, 0.3) is 10.1 Å². The Labute approximate surface area is 79.8 Å². The van der Waals surface area contributed by atoms with Crippen LogP contribution in [0.1, 0.15) is 5.56 Å². The number of thiophene rings is 1. The predicted molar refractivity (Wildman–Crippen MR) is 56.0 cm³/mol. The first-order valence-corrected chi connectivity index (χ1v) is 4.87. The first-order valence-electron chi connectivity index (χ1n) is 3.62. The molecule has 0 radical (unpaired) electrons. The summed E-state index contributed by atoms with van der Waals surface area (Å²) in [6, 6.07) is 3.99. The van der Waals surface area contributed by atoms with Gasteiger partial charge in [-0.05, 0) is 35.4 Å². The third-order valence-corrected chi connectivity index (χ3v) is 3.50. The van der Waals surface area contributed by atoms with Crippen molar-refractivity contribution in [3.8, 4) is 0 Å². The van der Waals surface area contributed by atoms with Crippen molar-refractivity contribution < 1.29 is 0 Å². The average Bonchev–Trinajstić information content (AvgIpc) is 2.48. The maximum atomic E-state index is 6.10. The van der Waals surface area contributed by atoms with Crippen LogP contribution in [-0.4, -0.2) is 0 Å². The zero-order valence-electron chi connectivity index (χ0n) is 6.60. The molecule has 0 aliphatic carbocycles. The molecule has 0 aliphatic heterocycles. The Kier molecular flexibility index (Phi) is 1.74. The first-order chi connectivity index (χ1) is 5.70. The number of benzene rings is 1. The molecule has 2 rings (SSSR count). The standard InChI is InChI=1S/C9H8ClNS/c1-5-7(11)4-6-2-3-12-9(6)8(5)10/h2-4H,11H2,1H3. The van der Waals surface area contributed by atoms with Crippen molar-refractivity contribution in [1.29, 1.82) is 0 Å². The minimum Gasteiger partial charge on any atom is -0.398 e. The van der Waals surface area contributed by atoms with Gasteiger partial charge in [-0.15, -0.1) is 11.3 Å². The van der Waals surface area contributed by atoms with Crippen molar-refractivity contribution in [1.82, 2.24) is 0 Å². The molecule has 1 heterocycles. The molecule has 0 atom stereocenters. The second-order valence-electron chi connectivity index (χ2n) is 2.74. The Balaban J connectivity index is 2.94. The summed E-state index contributed by atoms with van der Waals surface area (Å²) in [5.74, 6) is 0. The van der Waals surface area contributed by atoms with Gasteiger partial charge < -0.3 is 5.73 Å². The van der Waals surface area contributed by atoms with Crippen LogP contribution in [0.3, 0.4) is 0 Å². The number of rotatable bonds is 0. The minimum absolute atomic E-state index is 0.769. The van der Waals surface area contributed by atoms with Crippen LogP contribution < -0.4 is 5.73 Å². The SMILES string of the molecule is Cc1c(N)cc2ccsc2c1Cl. The van der Waals surface area contributed by atoms with Gasteiger partial charge in [-0.25, -0.2) is 0 Å². The van der Waals surface area contributed by atoms with Crippen LogP contribution in [-0.2, 0) is 0 Å². The highest BCUT2D eigenvalue weighted by molar-refractivity contribution is 7.17. The molecular weight excluding hydrogens is 190 g/mol. The topological polar surface area (TPSA) is 26.0 Å². The summed E-state index contributed by atoms with van der Waals surface area (Å²) >= 11 is 7.75. The van der Waals surface area contributed by atoms with Crippen molar-refractivity contribution in [2.75, 3.05) is 5.73 Å². The molecule has 2 aromatic rings. The minimum atomic E-state index is 0.769. The predicted octanol–water partition coefficient (Wildman–Crippen LogP) is 3.45. The second kappa shape index (κ2) is 2.64. The highest BCUT2D eigenvalue weighted by Crippen LogP contribution is 2.34. The summed E-state index contributed by atoms with van der Waals surface area (Å²) in [5, 5.41) is 3.95. The van der Waals surface area contributed by atoms with Gasteiger partial charge in [-0.1, -0.05) is 11.6 Å². The summed E-state index contributed by atoms with van der Waals surface area (Å²) in [6.45, 7) is 1.94. The fourth-order valence-corrected chi connectivity index (χ4v) is 2.41. The number of fused-ring (bicyclic) bond motifs is 1. The maximum Gasteiger partial charge on any atom is 0.0633 e. The van der Waals surface area contributed by atoms with E-state index in [1.54, 1.807) is 11.3 Å². The van der Waals surface area contributed by atoms with Gasteiger partial charge in [0.15, 0.2) is 0 Å². The van der Waals surface area contributed by atoms with Crippen LogP contribution in [0.15, 0.2) is 17.5 Å². The fraction of sp³-hybridized carbons (Fsp3) is 0.111. The lowest BCUT2D eigenvalue weighted by Crippen LogP contribution is -1.89. The molecule has 0 unspecified atom stereocenters. The third kappa shape index (κ3) is 0.993. The van der Waals surface area contributed by atoms with E-state index in [1.807, 2.05) is 24.4 Å². The molecule has 2 N–H and O–H groups in total. The van der Waals surface area contributed by atoms with Gasteiger partial charge in [0.25, 0.3) is 0 Å². The van der Waals surface area contributed by atoms with Gasteiger partial charge in [0, 0.05) is 5.69 Å². The lowest BCUT2D eigenvalue weighted by molar-refractivity contribution is 1.51. The first kappa shape index (κ1) is 7.90. The van der Waals surface area contributed by atoms with Crippen LogP contribution in [0.4, 0.5) is 5.69 Å². The molecule has 0 fully saturated rings. The molecule has 0 bridgehead atoms. The van der Waals surface area contributed by atoms with Gasteiger partial charge in [0.05, 0.1) is 9.72 Å². The molecule has 0 aliphatic rings. The van der Waals surface area contributed by atoms with E-state index in [2.05, 4.69) is 0 Å². The van der Waals surface area contributed by atoms with Gasteiger partial charge in [-0.2, -0.15) is 0 Å². The van der Waals surface area contributed by atoms with Crippen molar-refractivity contribution in [3.63, 3.8) is 0 Å². The third-order valence-electron chi connectivity index (χ3n) is 1.97. The Morgan fingerprint density at radius 3 is 3.00 bits per heavy atom. The van der Waals surface area contributed by atoms with E-state index in [4.69, 9.17) is 17.3 Å². The molecule has 62 valence electrons. The number of nitrogen functional groups attached to an aromatic ring is 1. The molecule has 3 heteroatoms. The monoisotopic (exact) mass is 197 g/mol. The summed E-state index contributed by atoms with van der Waals surface area (Å²) in [7, 11) is 0. The molecular formula is C9H8ClNS. The Morgan fingerprint density at radius 1 is 1.50 bits per heavy atom. The van der Waals surface area contributed by atoms with E-state index in [1.165, 1.54) is 0 Å². The zero-order chi connectivity index (χ0) is 8.72. The van der Waals surface area contributed by atoms with Gasteiger partial charge in [0.1, 0.15) is 0 Å². The number of halogens is 1. The molecule has 0 saturated heterocycles. The number of nitrogens with two attached hydrogens (primary N) is 1. The molecule has 0 amide bonds. The van der Waals surface area contributed by atoms with E-state index >= 15 is 0 Å². The average molecular weight is 198 g/mol. The number of hydrogen-bond acceptors (Lipinski definition) is 2. The van der Waals surface area contributed by atoms with Crippen molar-refractivity contribution >= 4 is 38.7 Å². The normalized spacial score (nSPS) is 10.8. The lowest BCUT2D eigenvalue weighted by atomic mass is 10.1. The Hall–Kier alpha value is -0.730. The highest BCUT2D eigenvalue weighted by atomic mass is 35.5. The summed E-state index contributed by atoms with van der Waals surface area (Å²) in [5.41, 5.74) is 7.51. The number of hydrogen-bond donors (Lipinski definition) is 1. The molecule has 1 nitrogen and oxygen atoms in total. The van der Waals surface area contributed by atoms with Gasteiger partial charge in [0.2, 0.25) is 0 Å². The summed E-state index contributed by atoms with van der Waals surface area (Å²) < 4.78 is 1.13. The molecule has 0 spiro atoms. The van der Waals surface area contributed by atoms with E-state index in [0.29, 0.717) is 0 Å². The zero-order valence-corrected chi connectivity index (χ0v) is 8.17. The van der Waals surface area contributed by atoms with E-state index in [9.17, 15) is 0 Å². The second-order valence-corrected chi connectivity index (χ2v) is 4.04. The van der Waals surface area contributed by atoms with E-state index in [-0.39, 0.29) is 0 Å². The van der Waals surface area contributed by atoms with Crippen molar-refractivity contribution in [2.45, 2.75) is 6.92 Å². The van der Waals surface area contributed by atoms with E-state index in [0.717, 1.165) is 26.4 Å². The molecule has 1 aromatic heterocycles. The fourth-order valence-electron chi connectivity index (χ4n) is 1.18. The van der Waals surface area contributed by atoms with Crippen LogP contribution in [0.2, 0.25) is 5.02 Å². The Bertz CT molecular complexity index is 433. The largest absolute Gasteiger partial charge is 0.398 e. The van der Waals surface area contributed by atoms with Crippen LogP contribution in [0, 0.1) is 6.92 Å². The van der Waals surface area contributed by atoms with E-state index < -0.39 is 0 Å². The van der Waals surface area contributed by atoms with Crippen molar-refractivity contribution in [2.24, 2.45) is 0 Å². The Morgan fingerprint density at radius 2 is 2.25 bits per heavy atom. The summed E-state index contributed by atoms with van der Waals surface area (Å²) in [4.78, 5) is 0. The number of anilines is 1. The molecule has 0 saturated carbocycles. The highest BCUT2D eigenvalue weighted by Gasteiger charge is 2.06. The molecule has 1 aromatic carbocycles. The lowest BCUT2D eigenvalue weighted by Gasteiger charge is -2.02. The van der Waals surface area contributed by atoms with Crippen LogP contribution in [0.5, 0.6) is 0 Å². The summed E-state index contributed by atoms with van der Waals surface area (Å²) in [6.07, 6.45) is 0. The van der Waals surface area contributed by atoms with Crippen molar-refractivity contribution in [3.05, 3.63) is 28.1 Å². The smallest absolute Gasteiger partial charge is 0.0633 e. The quantitative estimate of drug-likeness (QED) is 0.644. The van der Waals surface area contributed by atoms with Gasteiger partial charge in [-0.3, -0.25) is 0 Å². The molecule has 12 heavy (non-hydrogen) atoms.